The van der Waals surface area contributed by atoms with E-state index < -0.39 is 0 Å². The molecule has 23 heavy (non-hydrogen) atoms. The molecular formula is C16H15N3O2S2. The van der Waals surface area contributed by atoms with Crippen molar-refractivity contribution in [3.63, 3.8) is 0 Å². The summed E-state index contributed by atoms with van der Waals surface area (Å²) in [5, 5.41) is 8.92. The molecule has 0 aliphatic rings. The van der Waals surface area contributed by atoms with Crippen LogP contribution in [0.2, 0.25) is 0 Å². The number of thiophene rings is 1. The Hall–Kier alpha value is -2.38. The summed E-state index contributed by atoms with van der Waals surface area (Å²) in [6.07, 6.45) is 1.78. The van der Waals surface area contributed by atoms with Gasteiger partial charge in [0.1, 0.15) is 0 Å². The van der Waals surface area contributed by atoms with Crippen LogP contribution in [0.15, 0.2) is 46.2 Å². The smallest absolute Gasteiger partial charge is 0.203 e. The number of aromatic nitrogens is 1. The third-order valence-corrected chi connectivity index (χ3v) is 4.63. The molecule has 118 valence electrons. The molecule has 0 aliphatic carbocycles. The summed E-state index contributed by atoms with van der Waals surface area (Å²) < 4.78 is 10.6. The number of hydrazone groups is 1. The van der Waals surface area contributed by atoms with Gasteiger partial charge in [-0.25, -0.2) is 4.98 Å². The summed E-state index contributed by atoms with van der Waals surface area (Å²) >= 11 is 3.14. The molecule has 3 rings (SSSR count). The fraction of sp³-hybridized carbons (Fsp3) is 0.125. The van der Waals surface area contributed by atoms with Crippen LogP contribution in [0.5, 0.6) is 11.5 Å². The highest BCUT2D eigenvalue weighted by atomic mass is 32.1. The number of nitrogens with one attached hydrogen (secondary N) is 1. The van der Waals surface area contributed by atoms with E-state index in [-0.39, 0.29) is 0 Å². The summed E-state index contributed by atoms with van der Waals surface area (Å²) in [5.41, 5.74) is 4.78. The average molecular weight is 345 g/mol. The second-order valence-corrected chi connectivity index (χ2v) is 6.33. The maximum atomic E-state index is 5.32. The van der Waals surface area contributed by atoms with E-state index in [0.29, 0.717) is 11.5 Å². The van der Waals surface area contributed by atoms with E-state index in [9.17, 15) is 0 Å². The molecular weight excluding hydrogens is 330 g/mol. The predicted molar refractivity (Wildman–Crippen MR) is 96.2 cm³/mol. The standard InChI is InChI=1S/C16H15N3O2S2/c1-20-14-6-5-11(8-15(14)21-2)13-10-23-16(18-13)19-17-9-12-4-3-7-22-12/h3-10H,1-2H3,(H,18,19)/b17-9-. The van der Waals surface area contributed by atoms with Gasteiger partial charge in [-0.3, -0.25) is 5.43 Å². The Morgan fingerprint density at radius 3 is 2.74 bits per heavy atom. The van der Waals surface area contributed by atoms with Crippen LogP contribution in [0.25, 0.3) is 11.3 Å². The van der Waals surface area contributed by atoms with Gasteiger partial charge in [0.25, 0.3) is 0 Å². The van der Waals surface area contributed by atoms with Gasteiger partial charge >= 0.3 is 0 Å². The first-order chi connectivity index (χ1) is 11.3. The maximum absolute atomic E-state index is 5.32. The lowest BCUT2D eigenvalue weighted by Gasteiger charge is -2.08. The summed E-state index contributed by atoms with van der Waals surface area (Å²) in [6, 6.07) is 9.73. The van der Waals surface area contributed by atoms with Gasteiger partial charge in [-0.05, 0) is 29.6 Å². The quantitative estimate of drug-likeness (QED) is 0.533. The van der Waals surface area contributed by atoms with E-state index in [2.05, 4.69) is 15.5 Å². The van der Waals surface area contributed by atoms with Gasteiger partial charge < -0.3 is 9.47 Å². The number of hydrogen-bond acceptors (Lipinski definition) is 7. The Balaban J connectivity index is 1.74. The molecule has 0 saturated heterocycles. The van der Waals surface area contributed by atoms with Crippen molar-refractivity contribution in [2.45, 2.75) is 0 Å². The minimum atomic E-state index is 0.684. The number of methoxy groups -OCH3 is 2. The van der Waals surface area contributed by atoms with Crippen LogP contribution in [0.3, 0.4) is 0 Å². The number of nitrogens with zero attached hydrogens (tertiary/aromatic N) is 2. The maximum Gasteiger partial charge on any atom is 0.203 e. The molecule has 0 spiro atoms. The second-order valence-electron chi connectivity index (χ2n) is 4.49. The summed E-state index contributed by atoms with van der Waals surface area (Å²) in [6.45, 7) is 0. The lowest BCUT2D eigenvalue weighted by molar-refractivity contribution is 0.355. The van der Waals surface area contributed by atoms with Crippen molar-refractivity contribution in [1.29, 1.82) is 0 Å². The zero-order valence-electron chi connectivity index (χ0n) is 12.6. The van der Waals surface area contributed by atoms with Gasteiger partial charge in [0, 0.05) is 15.8 Å². The van der Waals surface area contributed by atoms with Crippen LogP contribution in [0, 0.1) is 0 Å². The van der Waals surface area contributed by atoms with Gasteiger partial charge in [0.15, 0.2) is 11.5 Å². The molecule has 5 nitrogen and oxygen atoms in total. The Morgan fingerprint density at radius 2 is 2.00 bits per heavy atom. The topological polar surface area (TPSA) is 55.7 Å². The second kappa shape index (κ2) is 7.26. The van der Waals surface area contributed by atoms with Crippen LogP contribution in [-0.2, 0) is 0 Å². The van der Waals surface area contributed by atoms with E-state index >= 15 is 0 Å². The number of ether oxygens (including phenoxy) is 2. The number of rotatable bonds is 6. The summed E-state index contributed by atoms with van der Waals surface area (Å²) in [7, 11) is 3.24. The number of hydrogen-bond donors (Lipinski definition) is 1. The Kier molecular flexibility index (Phi) is 4.89. The molecule has 0 aliphatic heterocycles. The van der Waals surface area contributed by atoms with Crippen molar-refractivity contribution in [2.75, 3.05) is 19.6 Å². The highest BCUT2D eigenvalue weighted by Crippen LogP contribution is 2.33. The molecule has 0 unspecified atom stereocenters. The molecule has 0 atom stereocenters. The van der Waals surface area contributed by atoms with E-state index in [4.69, 9.17) is 9.47 Å². The van der Waals surface area contributed by atoms with Crippen molar-refractivity contribution in [3.05, 3.63) is 46.0 Å². The molecule has 0 amide bonds. The summed E-state index contributed by atoms with van der Waals surface area (Å²) in [5.74, 6) is 1.38. The Bertz CT molecular complexity index is 798. The molecule has 2 heterocycles. The van der Waals surface area contributed by atoms with Crippen LogP contribution in [0.1, 0.15) is 4.88 Å². The fourth-order valence-electron chi connectivity index (χ4n) is 1.97. The number of anilines is 1. The predicted octanol–water partition coefficient (Wildman–Crippen LogP) is 4.33. The van der Waals surface area contributed by atoms with Gasteiger partial charge in [-0.15, -0.1) is 22.7 Å². The molecule has 0 bridgehead atoms. The zero-order chi connectivity index (χ0) is 16.1. The minimum absolute atomic E-state index is 0.684. The molecule has 0 saturated carbocycles. The van der Waals surface area contributed by atoms with Crippen LogP contribution < -0.4 is 14.9 Å². The zero-order valence-corrected chi connectivity index (χ0v) is 14.3. The Labute approximate surface area is 142 Å². The van der Waals surface area contributed by atoms with Crippen molar-refractivity contribution < 1.29 is 9.47 Å². The van der Waals surface area contributed by atoms with Crippen molar-refractivity contribution in [1.82, 2.24) is 4.98 Å². The van der Waals surface area contributed by atoms with Gasteiger partial charge in [0.05, 0.1) is 26.1 Å². The van der Waals surface area contributed by atoms with E-state index in [1.165, 1.54) is 11.3 Å². The first-order valence-corrected chi connectivity index (χ1v) is 8.56. The van der Waals surface area contributed by atoms with E-state index in [1.807, 2.05) is 41.1 Å². The van der Waals surface area contributed by atoms with Gasteiger partial charge in [0.2, 0.25) is 5.13 Å². The van der Waals surface area contributed by atoms with Crippen LogP contribution in [-0.4, -0.2) is 25.4 Å². The highest BCUT2D eigenvalue weighted by molar-refractivity contribution is 7.14. The first kappa shape index (κ1) is 15.5. The van der Waals surface area contributed by atoms with Crippen molar-refractivity contribution >= 4 is 34.0 Å². The molecule has 7 heteroatoms. The Morgan fingerprint density at radius 1 is 1.13 bits per heavy atom. The van der Waals surface area contributed by atoms with Crippen LogP contribution >= 0.6 is 22.7 Å². The van der Waals surface area contributed by atoms with Crippen LogP contribution in [0.4, 0.5) is 5.13 Å². The molecule has 2 aromatic heterocycles. The monoisotopic (exact) mass is 345 g/mol. The lowest BCUT2D eigenvalue weighted by Crippen LogP contribution is -1.91. The van der Waals surface area contributed by atoms with E-state index in [1.54, 1.807) is 31.8 Å². The van der Waals surface area contributed by atoms with Crippen molar-refractivity contribution in [3.8, 4) is 22.8 Å². The first-order valence-electron chi connectivity index (χ1n) is 6.80. The third-order valence-electron chi connectivity index (χ3n) is 3.08. The van der Waals surface area contributed by atoms with E-state index in [0.717, 1.165) is 21.3 Å². The third kappa shape index (κ3) is 3.69. The number of benzene rings is 1. The molecule has 1 aromatic carbocycles. The lowest BCUT2D eigenvalue weighted by atomic mass is 10.1. The van der Waals surface area contributed by atoms with Crippen molar-refractivity contribution in [2.24, 2.45) is 5.10 Å². The van der Waals surface area contributed by atoms with Gasteiger partial charge in [-0.2, -0.15) is 5.10 Å². The molecule has 3 aromatic rings. The fourth-order valence-corrected chi connectivity index (χ4v) is 3.22. The normalized spacial score (nSPS) is 10.9. The largest absolute Gasteiger partial charge is 0.493 e. The highest BCUT2D eigenvalue weighted by Gasteiger charge is 2.09. The number of thiazole rings is 1. The molecule has 0 radical (unpaired) electrons. The summed E-state index contributed by atoms with van der Waals surface area (Å²) in [4.78, 5) is 5.62. The minimum Gasteiger partial charge on any atom is -0.493 e. The molecule has 0 fully saturated rings. The average Bonchev–Trinajstić information content (AvgIpc) is 3.26. The molecule has 1 N–H and O–H groups in total. The van der Waals surface area contributed by atoms with Gasteiger partial charge in [-0.1, -0.05) is 6.07 Å². The SMILES string of the molecule is COc1ccc(-c2csc(N/N=C\c3cccs3)n2)cc1OC.